The Labute approximate surface area is 204 Å². The van der Waals surface area contributed by atoms with E-state index in [-0.39, 0.29) is 5.91 Å². The summed E-state index contributed by atoms with van der Waals surface area (Å²) in [6, 6.07) is 7.93. The topological polar surface area (TPSA) is 32.7 Å². The Balaban J connectivity index is 1.96. The second-order valence-corrected chi connectivity index (χ2v) is 10.9. The first kappa shape index (κ1) is 18.9. The fourth-order valence-corrected chi connectivity index (χ4v) is 7.40. The van der Waals surface area contributed by atoms with E-state index in [1.54, 1.807) is 4.90 Å². The van der Waals surface area contributed by atoms with Gasteiger partial charge in [-0.05, 0) is 91.8 Å². The smallest absolute Gasteiger partial charge is 0.266 e. The lowest BCUT2D eigenvalue weighted by Gasteiger charge is -2.26. The quantitative estimate of drug-likeness (QED) is 0.168. The second-order valence-electron chi connectivity index (χ2n) is 5.97. The van der Waals surface area contributed by atoms with Crippen LogP contribution in [-0.2, 0) is 0 Å². The molecule has 3 nitrogen and oxygen atoms in total. The summed E-state index contributed by atoms with van der Waals surface area (Å²) < 4.78 is 4.86. The lowest BCUT2D eigenvalue weighted by molar-refractivity contribution is 0.101. The Bertz CT molecular complexity index is 1270. The van der Waals surface area contributed by atoms with E-state index in [4.69, 9.17) is 4.99 Å². The summed E-state index contributed by atoms with van der Waals surface area (Å²) in [5, 5.41) is 1.95. The number of halogens is 6. The van der Waals surface area contributed by atoms with Crippen molar-refractivity contribution in [1.82, 2.24) is 0 Å². The standard InChI is InChI=1S/C18H4Br6N2O/c19-6-4-7(20)16-9-5(6)2-1-3-8(9)25-17-10-11(18(27)26(16)17)13(22)15(24)14(23)12(10)21/h1-4H. The molecule has 0 radical (unpaired) electrons. The fourth-order valence-electron chi connectivity index (χ4n) is 3.47. The Morgan fingerprint density at radius 3 is 2.19 bits per heavy atom. The van der Waals surface area contributed by atoms with Gasteiger partial charge in [0.1, 0.15) is 5.84 Å². The molecule has 3 aromatic rings. The summed E-state index contributed by atoms with van der Waals surface area (Å²) in [5.41, 5.74) is 2.98. The van der Waals surface area contributed by atoms with Crippen LogP contribution in [0.4, 0.5) is 11.4 Å². The minimum Gasteiger partial charge on any atom is -0.268 e. The molecule has 0 atom stereocenters. The normalized spacial score (nSPS) is 14.5. The van der Waals surface area contributed by atoms with Gasteiger partial charge in [-0.1, -0.05) is 28.1 Å². The molecule has 0 unspecified atom stereocenters. The maximum absolute atomic E-state index is 13.5. The molecule has 3 aromatic carbocycles. The molecule has 0 spiro atoms. The zero-order valence-electron chi connectivity index (χ0n) is 12.9. The lowest BCUT2D eigenvalue weighted by atomic mass is 10.0. The van der Waals surface area contributed by atoms with Gasteiger partial charge in [-0.15, -0.1) is 0 Å². The minimum absolute atomic E-state index is 0.122. The number of fused-ring (bicyclic) bond motifs is 4. The van der Waals surface area contributed by atoms with E-state index < -0.39 is 0 Å². The summed E-state index contributed by atoms with van der Waals surface area (Å²) in [6.45, 7) is 0. The molecule has 0 fully saturated rings. The van der Waals surface area contributed by atoms with Crippen LogP contribution in [0.15, 0.2) is 56.1 Å². The Morgan fingerprint density at radius 2 is 1.48 bits per heavy atom. The first-order chi connectivity index (χ1) is 12.8. The number of hydrogen-bond acceptors (Lipinski definition) is 2. The van der Waals surface area contributed by atoms with Crippen LogP contribution in [0.25, 0.3) is 10.8 Å². The van der Waals surface area contributed by atoms with Crippen LogP contribution in [0.1, 0.15) is 15.9 Å². The summed E-state index contributed by atoms with van der Waals surface area (Å²) in [6.07, 6.45) is 0. The fraction of sp³-hybridized carbons (Fsp3) is 0. The molecule has 0 aromatic heterocycles. The average Bonchev–Trinajstić information content (AvgIpc) is 2.94. The molecule has 27 heavy (non-hydrogen) atoms. The predicted molar refractivity (Wildman–Crippen MR) is 130 cm³/mol. The van der Waals surface area contributed by atoms with Crippen LogP contribution < -0.4 is 4.90 Å². The van der Waals surface area contributed by atoms with Crippen molar-refractivity contribution in [3.05, 3.63) is 62.2 Å². The number of hydrogen-bond donors (Lipinski definition) is 0. The van der Waals surface area contributed by atoms with E-state index in [0.717, 1.165) is 50.1 Å². The van der Waals surface area contributed by atoms with E-state index in [9.17, 15) is 4.79 Å². The molecular formula is C18H4Br6N2O. The predicted octanol–water partition coefficient (Wildman–Crippen LogP) is 8.47. The maximum Gasteiger partial charge on any atom is 0.266 e. The van der Waals surface area contributed by atoms with Gasteiger partial charge in [0.15, 0.2) is 0 Å². The average molecular weight is 744 g/mol. The van der Waals surface area contributed by atoms with Gasteiger partial charge in [-0.3, -0.25) is 9.69 Å². The van der Waals surface area contributed by atoms with Crippen molar-refractivity contribution in [1.29, 1.82) is 0 Å². The molecule has 2 aliphatic rings. The highest BCUT2D eigenvalue weighted by Gasteiger charge is 2.43. The molecule has 2 aliphatic heterocycles. The number of amides is 1. The second kappa shape index (κ2) is 6.47. The molecule has 1 amide bonds. The van der Waals surface area contributed by atoms with Crippen molar-refractivity contribution in [2.24, 2.45) is 4.99 Å². The van der Waals surface area contributed by atoms with Crippen molar-refractivity contribution in [3.8, 4) is 0 Å². The van der Waals surface area contributed by atoms with Gasteiger partial charge in [0.25, 0.3) is 5.91 Å². The Morgan fingerprint density at radius 1 is 0.815 bits per heavy atom. The zero-order valence-corrected chi connectivity index (χ0v) is 22.4. The molecule has 0 saturated carbocycles. The van der Waals surface area contributed by atoms with E-state index in [1.807, 2.05) is 24.3 Å². The number of carbonyl (C=O) groups is 1. The third kappa shape index (κ3) is 2.45. The molecule has 0 N–H and O–H groups in total. The van der Waals surface area contributed by atoms with Crippen LogP contribution >= 0.6 is 95.6 Å². The maximum atomic E-state index is 13.5. The number of amidine groups is 1. The highest BCUT2D eigenvalue weighted by Crippen LogP contribution is 2.52. The van der Waals surface area contributed by atoms with Gasteiger partial charge in [0.05, 0.1) is 16.9 Å². The number of nitrogens with zero attached hydrogens (tertiary/aromatic N) is 2. The molecular weight excluding hydrogens is 740 g/mol. The van der Waals surface area contributed by atoms with Crippen molar-refractivity contribution in [2.75, 3.05) is 4.90 Å². The van der Waals surface area contributed by atoms with Crippen LogP contribution in [0.2, 0.25) is 0 Å². The van der Waals surface area contributed by atoms with Gasteiger partial charge >= 0.3 is 0 Å². The first-order valence-corrected chi connectivity index (χ1v) is 12.3. The molecule has 134 valence electrons. The number of anilines is 1. The van der Waals surface area contributed by atoms with Crippen LogP contribution in [-0.4, -0.2) is 11.7 Å². The van der Waals surface area contributed by atoms with Crippen LogP contribution in [0, 0.1) is 0 Å². The van der Waals surface area contributed by atoms with Gasteiger partial charge in [-0.25, -0.2) is 4.99 Å². The largest absolute Gasteiger partial charge is 0.268 e. The molecule has 0 aliphatic carbocycles. The van der Waals surface area contributed by atoms with Crippen LogP contribution in [0.5, 0.6) is 0 Å². The van der Waals surface area contributed by atoms with Gasteiger partial charge in [-0.2, -0.15) is 0 Å². The Kier molecular flexibility index (Phi) is 4.54. The van der Waals surface area contributed by atoms with Crippen molar-refractivity contribution in [2.45, 2.75) is 0 Å². The highest BCUT2D eigenvalue weighted by molar-refractivity contribution is 9.15. The number of rotatable bonds is 0. The Hall–Kier alpha value is -0.0600. The summed E-state index contributed by atoms with van der Waals surface area (Å²) in [7, 11) is 0. The third-order valence-electron chi connectivity index (χ3n) is 4.59. The van der Waals surface area contributed by atoms with Crippen LogP contribution in [0.3, 0.4) is 0 Å². The lowest BCUT2D eigenvalue weighted by Crippen LogP contribution is -2.32. The van der Waals surface area contributed by atoms with E-state index in [1.165, 1.54) is 0 Å². The monoisotopic (exact) mass is 738 g/mol. The molecule has 5 rings (SSSR count). The highest BCUT2D eigenvalue weighted by atomic mass is 79.9. The SMILES string of the molecule is O=C1c2c(Br)c(Br)c(Br)c(Br)c2C2=Nc3cccc4c(Br)cc(Br)c(c34)N12. The zero-order chi connectivity index (χ0) is 19.2. The van der Waals surface area contributed by atoms with Crippen molar-refractivity contribution < 1.29 is 4.79 Å². The van der Waals surface area contributed by atoms with E-state index >= 15 is 0 Å². The van der Waals surface area contributed by atoms with E-state index in [0.29, 0.717) is 15.9 Å². The summed E-state index contributed by atoms with van der Waals surface area (Å²) in [4.78, 5) is 20.0. The van der Waals surface area contributed by atoms with Gasteiger partial charge in [0, 0.05) is 43.2 Å². The first-order valence-electron chi connectivity index (χ1n) is 7.53. The van der Waals surface area contributed by atoms with Crippen molar-refractivity contribution >= 4 is 129 Å². The van der Waals surface area contributed by atoms with E-state index in [2.05, 4.69) is 95.6 Å². The van der Waals surface area contributed by atoms with Crippen molar-refractivity contribution in [3.63, 3.8) is 0 Å². The molecule has 0 bridgehead atoms. The minimum atomic E-state index is -0.122. The third-order valence-corrected chi connectivity index (χ3v) is 10.6. The number of aliphatic imine (C=N–C) groups is 1. The molecule has 2 heterocycles. The summed E-state index contributed by atoms with van der Waals surface area (Å²) >= 11 is 21.6. The number of benzene rings is 3. The van der Waals surface area contributed by atoms with Gasteiger partial charge in [0.2, 0.25) is 0 Å². The molecule has 9 heteroatoms. The molecule has 0 saturated heterocycles. The number of carbonyl (C=O) groups excluding carboxylic acids is 1. The summed E-state index contributed by atoms with van der Waals surface area (Å²) in [5.74, 6) is 0.488. The van der Waals surface area contributed by atoms with Gasteiger partial charge < -0.3 is 0 Å².